The molecule has 0 spiro atoms. The minimum Gasteiger partial charge on any atom is -0.468 e. The lowest BCUT2D eigenvalue weighted by Gasteiger charge is -2.06. The van der Waals surface area contributed by atoms with Crippen LogP contribution in [0.1, 0.15) is 22.5 Å². The minimum atomic E-state index is -0.403. The average molecular weight is 302 g/mol. The van der Waals surface area contributed by atoms with E-state index >= 15 is 0 Å². The molecule has 2 aromatic rings. The highest BCUT2D eigenvalue weighted by Crippen LogP contribution is 2.10. The highest BCUT2D eigenvalue weighted by Gasteiger charge is 2.06. The molecule has 1 amide bonds. The van der Waals surface area contributed by atoms with Crippen LogP contribution in [0.3, 0.4) is 0 Å². The second-order valence-electron chi connectivity index (χ2n) is 4.62. The van der Waals surface area contributed by atoms with Crippen molar-refractivity contribution in [3.63, 3.8) is 0 Å². The predicted octanol–water partition coefficient (Wildman–Crippen LogP) is 2.18. The lowest BCUT2D eigenvalue weighted by Crippen LogP contribution is -2.21. The molecule has 2 N–H and O–H groups in total. The van der Waals surface area contributed by atoms with Crippen LogP contribution in [-0.2, 0) is 16.1 Å². The lowest BCUT2D eigenvalue weighted by molar-refractivity contribution is -0.116. The molecule has 0 radical (unpaired) electrons. The summed E-state index contributed by atoms with van der Waals surface area (Å²) in [5, 5.41) is 5.89. The zero-order valence-electron chi connectivity index (χ0n) is 12.3. The maximum Gasteiger partial charge on any atom is 0.337 e. The number of furan rings is 1. The van der Waals surface area contributed by atoms with E-state index in [0.29, 0.717) is 30.8 Å². The van der Waals surface area contributed by atoms with Gasteiger partial charge in [-0.05, 0) is 36.4 Å². The van der Waals surface area contributed by atoms with E-state index in [0.717, 1.165) is 5.76 Å². The van der Waals surface area contributed by atoms with Crippen LogP contribution in [0, 0.1) is 0 Å². The molecule has 0 aliphatic carbocycles. The molecule has 0 fully saturated rings. The van der Waals surface area contributed by atoms with Crippen LogP contribution >= 0.6 is 0 Å². The third-order valence-corrected chi connectivity index (χ3v) is 3.00. The number of hydrogen-bond donors (Lipinski definition) is 2. The number of methoxy groups -OCH3 is 1. The molecule has 0 saturated carbocycles. The Bertz CT molecular complexity index is 606. The summed E-state index contributed by atoms with van der Waals surface area (Å²) < 4.78 is 9.79. The van der Waals surface area contributed by atoms with Crippen LogP contribution in [0.4, 0.5) is 5.69 Å². The molecular formula is C16H18N2O4. The average Bonchev–Trinajstić information content (AvgIpc) is 3.05. The Balaban J connectivity index is 1.71. The van der Waals surface area contributed by atoms with Crippen molar-refractivity contribution in [3.8, 4) is 0 Å². The second kappa shape index (κ2) is 7.99. The normalized spacial score (nSPS) is 10.2. The molecule has 0 bridgehead atoms. The van der Waals surface area contributed by atoms with E-state index in [1.165, 1.54) is 7.11 Å². The van der Waals surface area contributed by atoms with E-state index in [1.807, 2.05) is 12.1 Å². The van der Waals surface area contributed by atoms with E-state index in [9.17, 15) is 9.59 Å². The Labute approximate surface area is 128 Å². The highest BCUT2D eigenvalue weighted by atomic mass is 16.5. The van der Waals surface area contributed by atoms with Gasteiger partial charge in [-0.25, -0.2) is 4.79 Å². The van der Waals surface area contributed by atoms with Gasteiger partial charge in [0.2, 0.25) is 5.91 Å². The zero-order valence-corrected chi connectivity index (χ0v) is 12.3. The first-order valence-corrected chi connectivity index (χ1v) is 6.90. The number of amides is 1. The number of benzene rings is 1. The fraction of sp³-hybridized carbons (Fsp3) is 0.250. The Morgan fingerprint density at radius 3 is 2.59 bits per heavy atom. The summed E-state index contributed by atoms with van der Waals surface area (Å²) in [6, 6.07) is 10.2. The predicted molar refractivity (Wildman–Crippen MR) is 81.4 cm³/mol. The van der Waals surface area contributed by atoms with Crippen molar-refractivity contribution in [1.29, 1.82) is 0 Å². The molecule has 0 saturated heterocycles. The molecular weight excluding hydrogens is 284 g/mol. The van der Waals surface area contributed by atoms with Crippen molar-refractivity contribution in [3.05, 3.63) is 54.0 Å². The minimum absolute atomic E-state index is 0.0993. The van der Waals surface area contributed by atoms with Crippen LogP contribution in [0.15, 0.2) is 47.1 Å². The first-order chi connectivity index (χ1) is 10.7. The summed E-state index contributed by atoms with van der Waals surface area (Å²) in [5.74, 6) is 0.330. The van der Waals surface area contributed by atoms with Gasteiger partial charge >= 0.3 is 5.97 Å². The third-order valence-electron chi connectivity index (χ3n) is 3.00. The van der Waals surface area contributed by atoms with Gasteiger partial charge in [0.05, 0.1) is 25.5 Å². The first-order valence-electron chi connectivity index (χ1n) is 6.90. The van der Waals surface area contributed by atoms with E-state index < -0.39 is 5.97 Å². The molecule has 1 heterocycles. The van der Waals surface area contributed by atoms with Crippen molar-refractivity contribution < 1.29 is 18.7 Å². The number of carbonyl (C=O) groups is 2. The Morgan fingerprint density at radius 2 is 1.95 bits per heavy atom. The van der Waals surface area contributed by atoms with Crippen LogP contribution in [0.25, 0.3) is 0 Å². The van der Waals surface area contributed by atoms with Gasteiger partial charge in [-0.3, -0.25) is 4.79 Å². The highest BCUT2D eigenvalue weighted by molar-refractivity contribution is 5.93. The van der Waals surface area contributed by atoms with Crippen molar-refractivity contribution in [2.45, 2.75) is 13.0 Å². The van der Waals surface area contributed by atoms with Gasteiger partial charge in [0.25, 0.3) is 0 Å². The smallest absolute Gasteiger partial charge is 0.337 e. The molecule has 1 aromatic heterocycles. The zero-order chi connectivity index (χ0) is 15.8. The molecule has 1 aromatic carbocycles. The van der Waals surface area contributed by atoms with Crippen LogP contribution in [0.5, 0.6) is 0 Å². The molecule has 116 valence electrons. The van der Waals surface area contributed by atoms with Crippen LogP contribution in [-0.4, -0.2) is 25.5 Å². The van der Waals surface area contributed by atoms with Crippen LogP contribution < -0.4 is 10.6 Å². The molecule has 6 heteroatoms. The SMILES string of the molecule is COC(=O)c1ccc(NC(=O)CCNCc2ccco2)cc1. The van der Waals surface area contributed by atoms with Crippen molar-refractivity contribution >= 4 is 17.6 Å². The Morgan fingerprint density at radius 1 is 1.18 bits per heavy atom. The summed E-state index contributed by atoms with van der Waals surface area (Å²) in [6.45, 7) is 1.14. The van der Waals surface area contributed by atoms with Crippen LogP contribution in [0.2, 0.25) is 0 Å². The van der Waals surface area contributed by atoms with Gasteiger partial charge in [-0.2, -0.15) is 0 Å². The van der Waals surface area contributed by atoms with Crippen molar-refractivity contribution in [1.82, 2.24) is 5.32 Å². The molecule has 0 unspecified atom stereocenters. The third kappa shape index (κ3) is 4.75. The number of rotatable bonds is 7. The van der Waals surface area contributed by atoms with E-state index in [2.05, 4.69) is 15.4 Å². The Kier molecular flexibility index (Phi) is 5.73. The number of esters is 1. The van der Waals surface area contributed by atoms with Gasteiger partial charge in [0.1, 0.15) is 5.76 Å². The fourth-order valence-electron chi connectivity index (χ4n) is 1.86. The summed E-state index contributed by atoms with van der Waals surface area (Å²) >= 11 is 0. The van der Waals surface area contributed by atoms with Gasteiger partial charge in [-0.1, -0.05) is 0 Å². The van der Waals surface area contributed by atoms with Gasteiger partial charge in [-0.15, -0.1) is 0 Å². The number of hydrogen-bond acceptors (Lipinski definition) is 5. The molecule has 6 nitrogen and oxygen atoms in total. The summed E-state index contributed by atoms with van der Waals surface area (Å²) in [4.78, 5) is 23.1. The second-order valence-corrected chi connectivity index (χ2v) is 4.62. The van der Waals surface area contributed by atoms with Gasteiger partial charge in [0, 0.05) is 18.7 Å². The molecule has 22 heavy (non-hydrogen) atoms. The standard InChI is InChI=1S/C16H18N2O4/c1-21-16(20)12-4-6-13(7-5-12)18-15(19)8-9-17-11-14-3-2-10-22-14/h2-7,10,17H,8-9,11H2,1H3,(H,18,19). The summed E-state index contributed by atoms with van der Waals surface area (Å²) in [7, 11) is 1.33. The van der Waals surface area contributed by atoms with Gasteiger partial charge < -0.3 is 19.8 Å². The Hall–Kier alpha value is -2.60. The topological polar surface area (TPSA) is 80.6 Å². The largest absolute Gasteiger partial charge is 0.468 e. The summed E-state index contributed by atoms with van der Waals surface area (Å²) in [6.07, 6.45) is 1.96. The molecule has 0 aliphatic heterocycles. The fourth-order valence-corrected chi connectivity index (χ4v) is 1.86. The van der Waals surface area contributed by atoms with Crippen molar-refractivity contribution in [2.24, 2.45) is 0 Å². The van der Waals surface area contributed by atoms with E-state index in [-0.39, 0.29) is 5.91 Å². The number of ether oxygens (including phenoxy) is 1. The number of nitrogens with one attached hydrogen (secondary N) is 2. The summed E-state index contributed by atoms with van der Waals surface area (Å²) in [5.41, 5.74) is 1.09. The number of carbonyl (C=O) groups excluding carboxylic acids is 2. The quantitative estimate of drug-likeness (QED) is 0.605. The maximum absolute atomic E-state index is 11.8. The van der Waals surface area contributed by atoms with E-state index in [1.54, 1.807) is 30.5 Å². The molecule has 0 atom stereocenters. The van der Waals surface area contributed by atoms with Gasteiger partial charge in [0.15, 0.2) is 0 Å². The first kappa shape index (κ1) is 15.8. The maximum atomic E-state index is 11.8. The van der Waals surface area contributed by atoms with E-state index in [4.69, 9.17) is 4.42 Å². The molecule has 2 rings (SSSR count). The monoisotopic (exact) mass is 302 g/mol. The number of anilines is 1. The van der Waals surface area contributed by atoms with Crippen molar-refractivity contribution in [2.75, 3.05) is 19.0 Å². The molecule has 0 aliphatic rings. The lowest BCUT2D eigenvalue weighted by atomic mass is 10.2.